The lowest BCUT2D eigenvalue weighted by molar-refractivity contribution is 0.00331. The van der Waals surface area contributed by atoms with Crippen LogP contribution in [0.3, 0.4) is 0 Å². The minimum atomic E-state index is -0.169. The molecule has 1 unspecified atom stereocenters. The molecule has 0 aromatic carbocycles. The van der Waals surface area contributed by atoms with Gasteiger partial charge in [-0.25, -0.2) is 9.97 Å². The molecule has 2 heterocycles. The topological polar surface area (TPSA) is 84.5 Å². The van der Waals surface area contributed by atoms with E-state index in [1.807, 2.05) is 6.92 Å². The van der Waals surface area contributed by atoms with Gasteiger partial charge in [-0.3, -0.25) is 0 Å². The molecular formula is C14H24N4O2. The monoisotopic (exact) mass is 280 g/mol. The standard InChI is InChI=1S/C14H24N4O2/c1-9-11(15)16-13(14(2,3)4)17-12(9)18-5-6-20-10(7-18)8-19/h10,19H,5-8H2,1-4H3,(H2,15,16,17). The number of anilines is 2. The van der Waals surface area contributed by atoms with Crippen LogP contribution in [-0.4, -0.2) is 47.5 Å². The lowest BCUT2D eigenvalue weighted by Gasteiger charge is -2.34. The Balaban J connectivity index is 2.37. The fourth-order valence-electron chi connectivity index (χ4n) is 2.19. The third kappa shape index (κ3) is 3.02. The zero-order chi connectivity index (χ0) is 14.9. The number of rotatable bonds is 2. The van der Waals surface area contributed by atoms with Gasteiger partial charge in [-0.15, -0.1) is 0 Å². The van der Waals surface area contributed by atoms with E-state index >= 15 is 0 Å². The molecule has 1 aliphatic heterocycles. The Hall–Kier alpha value is -1.40. The minimum absolute atomic E-state index is 0.0161. The molecule has 0 amide bonds. The zero-order valence-electron chi connectivity index (χ0n) is 12.7. The summed E-state index contributed by atoms with van der Waals surface area (Å²) in [6, 6.07) is 0. The van der Waals surface area contributed by atoms with Gasteiger partial charge in [-0.1, -0.05) is 20.8 Å². The molecule has 20 heavy (non-hydrogen) atoms. The highest BCUT2D eigenvalue weighted by molar-refractivity contribution is 5.57. The molecule has 1 saturated heterocycles. The predicted molar refractivity (Wildman–Crippen MR) is 78.9 cm³/mol. The average molecular weight is 280 g/mol. The van der Waals surface area contributed by atoms with Gasteiger partial charge in [0.05, 0.1) is 19.3 Å². The van der Waals surface area contributed by atoms with Gasteiger partial charge in [0.1, 0.15) is 17.5 Å². The maximum Gasteiger partial charge on any atom is 0.138 e. The number of aliphatic hydroxyl groups is 1. The zero-order valence-corrected chi connectivity index (χ0v) is 12.7. The van der Waals surface area contributed by atoms with Crippen molar-refractivity contribution in [2.45, 2.75) is 39.2 Å². The van der Waals surface area contributed by atoms with Crippen molar-refractivity contribution in [3.63, 3.8) is 0 Å². The SMILES string of the molecule is Cc1c(N)nc(C(C)(C)C)nc1N1CCOC(CO)C1. The molecule has 0 bridgehead atoms. The molecule has 0 radical (unpaired) electrons. The largest absolute Gasteiger partial charge is 0.394 e. The molecule has 3 N–H and O–H groups in total. The Labute approximate surface area is 120 Å². The lowest BCUT2D eigenvalue weighted by atomic mass is 9.95. The lowest BCUT2D eigenvalue weighted by Crippen LogP contribution is -2.45. The van der Waals surface area contributed by atoms with Gasteiger partial charge in [-0.2, -0.15) is 0 Å². The normalized spacial score (nSPS) is 20.2. The number of nitrogens with two attached hydrogens (primary N) is 1. The molecule has 1 aromatic heterocycles. The first-order valence-corrected chi connectivity index (χ1v) is 6.95. The van der Waals surface area contributed by atoms with Gasteiger partial charge < -0.3 is 20.5 Å². The van der Waals surface area contributed by atoms with Crippen molar-refractivity contribution in [2.75, 3.05) is 36.9 Å². The number of nitrogens with zero attached hydrogens (tertiary/aromatic N) is 3. The highest BCUT2D eigenvalue weighted by Gasteiger charge is 2.26. The summed E-state index contributed by atoms with van der Waals surface area (Å²) in [5.41, 5.74) is 6.77. The summed E-state index contributed by atoms with van der Waals surface area (Å²) in [6.45, 7) is 10.1. The van der Waals surface area contributed by atoms with E-state index in [0.717, 1.165) is 23.8 Å². The molecule has 0 aliphatic carbocycles. The molecule has 6 nitrogen and oxygen atoms in total. The highest BCUT2D eigenvalue weighted by Crippen LogP contribution is 2.28. The van der Waals surface area contributed by atoms with Crippen molar-refractivity contribution in [2.24, 2.45) is 0 Å². The first-order chi connectivity index (χ1) is 9.32. The van der Waals surface area contributed by atoms with Gasteiger partial charge >= 0.3 is 0 Å². The fourth-order valence-corrected chi connectivity index (χ4v) is 2.19. The number of hydrogen-bond donors (Lipinski definition) is 2. The Morgan fingerprint density at radius 1 is 1.40 bits per heavy atom. The summed E-state index contributed by atoms with van der Waals surface area (Å²) in [6.07, 6.45) is -0.169. The second kappa shape index (κ2) is 5.54. The van der Waals surface area contributed by atoms with Crippen molar-refractivity contribution in [3.8, 4) is 0 Å². The predicted octanol–water partition coefficient (Wildman–Crippen LogP) is 0.862. The Bertz CT molecular complexity index is 485. The highest BCUT2D eigenvalue weighted by atomic mass is 16.5. The number of aromatic nitrogens is 2. The van der Waals surface area contributed by atoms with E-state index in [4.69, 9.17) is 15.5 Å². The molecule has 112 valence electrons. The third-order valence-corrected chi connectivity index (χ3v) is 3.47. The third-order valence-electron chi connectivity index (χ3n) is 3.47. The Morgan fingerprint density at radius 3 is 2.70 bits per heavy atom. The molecule has 1 aromatic rings. The second-order valence-electron chi connectivity index (χ2n) is 6.25. The summed E-state index contributed by atoms with van der Waals surface area (Å²) in [7, 11) is 0. The van der Waals surface area contributed by atoms with Crippen LogP contribution in [-0.2, 0) is 10.2 Å². The summed E-state index contributed by atoms with van der Waals surface area (Å²) < 4.78 is 5.48. The number of aliphatic hydroxyl groups excluding tert-OH is 1. The second-order valence-corrected chi connectivity index (χ2v) is 6.25. The average Bonchev–Trinajstić information content (AvgIpc) is 2.40. The van der Waals surface area contributed by atoms with Crippen LogP contribution < -0.4 is 10.6 Å². The summed E-state index contributed by atoms with van der Waals surface area (Å²) in [5.74, 6) is 2.11. The molecule has 1 aliphatic rings. The number of hydrogen-bond acceptors (Lipinski definition) is 6. The van der Waals surface area contributed by atoms with Crippen LogP contribution in [0, 0.1) is 6.92 Å². The minimum Gasteiger partial charge on any atom is -0.394 e. The molecule has 0 saturated carbocycles. The van der Waals surface area contributed by atoms with Crippen LogP contribution >= 0.6 is 0 Å². The van der Waals surface area contributed by atoms with Crippen LogP contribution in [0.5, 0.6) is 0 Å². The van der Waals surface area contributed by atoms with E-state index in [-0.39, 0.29) is 18.1 Å². The van der Waals surface area contributed by atoms with E-state index in [2.05, 4.69) is 30.7 Å². The van der Waals surface area contributed by atoms with Gasteiger partial charge in [0, 0.05) is 24.1 Å². The van der Waals surface area contributed by atoms with Gasteiger partial charge in [0.2, 0.25) is 0 Å². The van der Waals surface area contributed by atoms with E-state index in [9.17, 15) is 5.11 Å². The van der Waals surface area contributed by atoms with Crippen LogP contribution in [0.15, 0.2) is 0 Å². The van der Waals surface area contributed by atoms with E-state index in [1.165, 1.54) is 0 Å². The first-order valence-electron chi connectivity index (χ1n) is 6.95. The molecule has 2 rings (SSSR count). The summed E-state index contributed by atoms with van der Waals surface area (Å²) in [5, 5.41) is 9.25. The number of morpholine rings is 1. The van der Waals surface area contributed by atoms with E-state index in [1.54, 1.807) is 0 Å². The Kier molecular flexibility index (Phi) is 4.15. The molecule has 1 fully saturated rings. The van der Waals surface area contributed by atoms with Crippen molar-refractivity contribution < 1.29 is 9.84 Å². The smallest absolute Gasteiger partial charge is 0.138 e. The van der Waals surface area contributed by atoms with Gasteiger partial charge in [-0.05, 0) is 6.92 Å². The van der Waals surface area contributed by atoms with Crippen molar-refractivity contribution in [1.29, 1.82) is 0 Å². The van der Waals surface area contributed by atoms with Crippen LogP contribution in [0.1, 0.15) is 32.2 Å². The fraction of sp³-hybridized carbons (Fsp3) is 0.714. The molecule has 6 heteroatoms. The van der Waals surface area contributed by atoms with Crippen LogP contribution in [0.25, 0.3) is 0 Å². The van der Waals surface area contributed by atoms with Crippen LogP contribution in [0.2, 0.25) is 0 Å². The van der Waals surface area contributed by atoms with Crippen molar-refractivity contribution in [3.05, 3.63) is 11.4 Å². The first kappa shape index (κ1) is 15.0. The maximum atomic E-state index is 9.25. The molecular weight excluding hydrogens is 256 g/mol. The van der Waals surface area contributed by atoms with Gasteiger partial charge in [0.25, 0.3) is 0 Å². The summed E-state index contributed by atoms with van der Waals surface area (Å²) >= 11 is 0. The molecule has 0 spiro atoms. The van der Waals surface area contributed by atoms with Crippen molar-refractivity contribution >= 4 is 11.6 Å². The van der Waals surface area contributed by atoms with Crippen LogP contribution in [0.4, 0.5) is 11.6 Å². The molecule has 1 atom stereocenters. The maximum absolute atomic E-state index is 9.25. The number of nitrogen functional groups attached to an aromatic ring is 1. The van der Waals surface area contributed by atoms with Crippen molar-refractivity contribution in [1.82, 2.24) is 9.97 Å². The number of ether oxygens (including phenoxy) is 1. The quantitative estimate of drug-likeness (QED) is 0.836. The summed E-state index contributed by atoms with van der Waals surface area (Å²) in [4.78, 5) is 11.2. The van der Waals surface area contributed by atoms with Gasteiger partial charge in [0.15, 0.2) is 0 Å². The Morgan fingerprint density at radius 2 is 2.10 bits per heavy atom. The van der Waals surface area contributed by atoms with E-state index < -0.39 is 0 Å². The van der Waals surface area contributed by atoms with E-state index in [0.29, 0.717) is 19.0 Å².